The zero-order chi connectivity index (χ0) is 42.1. The molecule has 8 rings (SSSR count). The smallest absolute Gasteiger partial charge is 0.329 e. The second-order valence-electron chi connectivity index (χ2n) is 15.5. The van der Waals surface area contributed by atoms with Gasteiger partial charge < -0.3 is 25.2 Å². The number of piperidine rings is 2. The number of likely N-dealkylation sites (tertiary alicyclic amines) is 1. The maximum absolute atomic E-state index is 13.5. The lowest BCUT2D eigenvalue weighted by Gasteiger charge is -2.38. The molecule has 0 bridgehead atoms. The Morgan fingerprint density at radius 1 is 0.900 bits per heavy atom. The molecule has 1 unspecified atom stereocenters. The molecule has 0 radical (unpaired) electrons. The minimum Gasteiger partial charge on any atom is -0.494 e. The molecule has 3 saturated heterocycles. The van der Waals surface area contributed by atoms with Crippen LogP contribution in [0.1, 0.15) is 60.5 Å². The van der Waals surface area contributed by atoms with Gasteiger partial charge in [-0.15, -0.1) is 0 Å². The van der Waals surface area contributed by atoms with Gasteiger partial charge in [-0.1, -0.05) is 29.8 Å². The number of carbonyl (C=O) groups is 4. The largest absolute Gasteiger partial charge is 0.494 e. The number of amides is 3. The van der Waals surface area contributed by atoms with Crippen LogP contribution in [0.15, 0.2) is 71.7 Å². The minimum absolute atomic E-state index is 0.0838. The number of nitrogens with zero attached hydrogens (tertiary/aromatic N) is 7. The minimum atomic E-state index is -0.714. The van der Waals surface area contributed by atoms with Crippen LogP contribution < -0.4 is 31.3 Å². The fraction of sp³-hybridized carbons (Fsp3) is 0.372. The van der Waals surface area contributed by atoms with E-state index in [4.69, 9.17) is 16.3 Å². The molecule has 3 N–H and O–H groups in total. The molecule has 0 spiro atoms. The number of carbonyl (C=O) groups excluding carboxylic acids is 4. The fourth-order valence-corrected chi connectivity index (χ4v) is 8.57. The van der Waals surface area contributed by atoms with Gasteiger partial charge in [0, 0.05) is 57.0 Å². The number of rotatable bonds is 11. The summed E-state index contributed by atoms with van der Waals surface area (Å²) in [6, 6.07) is 18.3. The number of aryl methyl sites for hydroxylation is 1. The maximum Gasteiger partial charge on any atom is 0.329 e. The third-order valence-electron chi connectivity index (χ3n) is 11.8. The molecule has 312 valence electrons. The van der Waals surface area contributed by atoms with Crippen molar-refractivity contribution in [3.8, 4) is 5.75 Å². The Hall–Kier alpha value is -6.26. The van der Waals surface area contributed by atoms with Crippen molar-refractivity contribution in [2.45, 2.75) is 44.6 Å². The predicted octanol–water partition coefficient (Wildman–Crippen LogP) is 4.99. The van der Waals surface area contributed by atoms with E-state index in [1.807, 2.05) is 47.4 Å². The predicted molar refractivity (Wildman–Crippen MR) is 229 cm³/mol. The van der Waals surface area contributed by atoms with Gasteiger partial charge in [0.1, 0.15) is 16.8 Å². The first kappa shape index (κ1) is 40.5. The van der Waals surface area contributed by atoms with Crippen molar-refractivity contribution in [3.63, 3.8) is 0 Å². The molecule has 0 saturated carbocycles. The van der Waals surface area contributed by atoms with Crippen molar-refractivity contribution in [3.05, 3.63) is 93.5 Å². The van der Waals surface area contributed by atoms with Gasteiger partial charge in [-0.2, -0.15) is 4.98 Å². The second-order valence-corrected chi connectivity index (χ2v) is 15.9. The molecule has 3 fully saturated rings. The summed E-state index contributed by atoms with van der Waals surface area (Å²) in [5, 5.41) is 9.03. The molecule has 16 nitrogen and oxygen atoms in total. The van der Waals surface area contributed by atoms with Crippen LogP contribution in [0, 0.1) is 0 Å². The number of imidazole rings is 1. The van der Waals surface area contributed by atoms with E-state index >= 15 is 0 Å². The molecule has 60 heavy (non-hydrogen) atoms. The zero-order valence-electron chi connectivity index (χ0n) is 33.7. The summed E-state index contributed by atoms with van der Waals surface area (Å²) in [5.41, 5.74) is 5.03. The average molecular weight is 835 g/mol. The lowest BCUT2D eigenvalue weighted by atomic mass is 9.89. The number of halogens is 1. The Morgan fingerprint density at radius 3 is 2.40 bits per heavy atom. The van der Waals surface area contributed by atoms with Crippen molar-refractivity contribution >= 4 is 75.0 Å². The van der Waals surface area contributed by atoms with Crippen LogP contribution in [0.4, 0.5) is 28.8 Å². The van der Waals surface area contributed by atoms with Gasteiger partial charge >= 0.3 is 5.69 Å². The number of ether oxygens (including phenoxy) is 1. The highest BCUT2D eigenvalue weighted by Gasteiger charge is 2.32. The van der Waals surface area contributed by atoms with Crippen molar-refractivity contribution < 1.29 is 23.9 Å². The Bertz CT molecular complexity index is 2540. The zero-order valence-corrected chi connectivity index (χ0v) is 34.5. The van der Waals surface area contributed by atoms with Crippen LogP contribution in [0.5, 0.6) is 5.75 Å². The summed E-state index contributed by atoms with van der Waals surface area (Å²) in [5.74, 6) is 0.799. The van der Waals surface area contributed by atoms with Crippen LogP contribution >= 0.6 is 11.6 Å². The number of hydrogen-bond donors (Lipinski definition) is 3. The molecule has 3 aliphatic rings. The maximum atomic E-state index is 13.5. The summed E-state index contributed by atoms with van der Waals surface area (Å²) in [7, 11) is 3.31. The summed E-state index contributed by atoms with van der Waals surface area (Å²) < 4.78 is 8.83. The molecule has 5 heterocycles. The Kier molecular flexibility index (Phi) is 11.6. The number of methoxy groups -OCH3 is 1. The van der Waals surface area contributed by atoms with E-state index < -0.39 is 11.9 Å². The SMILES string of the molecule is COc1cc(N2CCN(C(=O)CN3CCC(c4ccc5c(c4)n(C)c(=O)n5C4CCC(=O)NC4=O)CC3)CC2)ccc1Nc1ncc(Cl)c(Nc2ccccc2C(C)=O)n1. The van der Waals surface area contributed by atoms with Gasteiger partial charge in [0.05, 0.1) is 42.3 Å². The van der Waals surface area contributed by atoms with E-state index in [-0.39, 0.29) is 35.6 Å². The number of ketones is 1. The van der Waals surface area contributed by atoms with E-state index in [0.717, 1.165) is 42.7 Å². The molecular weight excluding hydrogens is 788 g/mol. The van der Waals surface area contributed by atoms with E-state index in [0.29, 0.717) is 84.1 Å². The van der Waals surface area contributed by atoms with Crippen molar-refractivity contribution in [2.75, 3.05) is 68.5 Å². The summed E-state index contributed by atoms with van der Waals surface area (Å²) >= 11 is 6.42. The monoisotopic (exact) mass is 834 g/mol. The Labute approximate surface area is 351 Å². The number of para-hydroxylation sites is 1. The van der Waals surface area contributed by atoms with Crippen LogP contribution in [0.2, 0.25) is 5.02 Å². The van der Waals surface area contributed by atoms with Crippen LogP contribution in [0.25, 0.3) is 11.0 Å². The van der Waals surface area contributed by atoms with E-state index in [9.17, 15) is 24.0 Å². The number of fused-ring (bicyclic) bond motifs is 1. The molecule has 1 atom stereocenters. The van der Waals surface area contributed by atoms with Crippen molar-refractivity contribution in [1.82, 2.24) is 34.2 Å². The first-order chi connectivity index (χ1) is 29.0. The molecule has 3 aromatic carbocycles. The Morgan fingerprint density at radius 2 is 1.67 bits per heavy atom. The summed E-state index contributed by atoms with van der Waals surface area (Å²) in [4.78, 5) is 78.5. The van der Waals surface area contributed by atoms with Crippen LogP contribution in [-0.4, -0.2) is 105 Å². The molecule has 0 aliphatic carbocycles. The van der Waals surface area contributed by atoms with Gasteiger partial charge in [0.2, 0.25) is 23.7 Å². The topological polar surface area (TPSA) is 176 Å². The molecule has 5 aromatic rings. The highest BCUT2D eigenvalue weighted by atomic mass is 35.5. The van der Waals surface area contributed by atoms with Crippen LogP contribution in [0.3, 0.4) is 0 Å². The number of piperazine rings is 1. The number of aromatic nitrogens is 4. The molecule has 17 heteroatoms. The van der Waals surface area contributed by atoms with Crippen LogP contribution in [-0.2, 0) is 21.4 Å². The lowest BCUT2D eigenvalue weighted by molar-refractivity contribution is -0.136. The summed E-state index contributed by atoms with van der Waals surface area (Å²) in [6.07, 6.45) is 3.76. The number of nitrogens with one attached hydrogen (secondary N) is 3. The van der Waals surface area contributed by atoms with Gasteiger partial charge in [-0.05, 0) is 87.2 Å². The number of hydrogen-bond acceptors (Lipinski definition) is 12. The fourth-order valence-electron chi connectivity index (χ4n) is 8.44. The van der Waals surface area contributed by atoms with Gasteiger partial charge in [0.15, 0.2) is 11.6 Å². The number of benzene rings is 3. The quantitative estimate of drug-likeness (QED) is 0.120. The van der Waals surface area contributed by atoms with Crippen molar-refractivity contribution in [2.24, 2.45) is 7.05 Å². The van der Waals surface area contributed by atoms with Gasteiger partial charge in [-0.25, -0.2) is 9.78 Å². The third-order valence-corrected chi connectivity index (χ3v) is 12.1. The normalized spacial score (nSPS) is 17.8. The standard InChI is InChI=1S/C43H47ClN10O6/c1-26(55)30-6-4-5-7-32(30)46-40-31(44)24-45-42(49-40)47-33-10-9-29(23-37(33)60-3)52-18-20-53(21-19-52)39(57)25-51-16-14-27(15-17-51)28-8-11-34-36(22-28)50(2)43(59)54(34)35-12-13-38(56)48-41(35)58/h4-11,22-24,27,35H,12-21,25H2,1-3H3,(H,48,56,58)(H2,45,46,47,49). The third kappa shape index (κ3) is 8.29. The molecular formula is C43H47ClN10O6. The van der Waals surface area contributed by atoms with E-state index in [1.165, 1.54) is 17.7 Å². The number of Topliss-reactive ketones (excluding diaryl/α,β-unsaturated/α-hetero) is 1. The highest BCUT2D eigenvalue weighted by Crippen LogP contribution is 2.34. The summed E-state index contributed by atoms with van der Waals surface area (Å²) in [6.45, 7) is 6.02. The number of anilines is 5. The van der Waals surface area contributed by atoms with Crippen molar-refractivity contribution in [1.29, 1.82) is 0 Å². The van der Waals surface area contributed by atoms with Gasteiger partial charge in [-0.3, -0.25) is 38.5 Å². The first-order valence-corrected chi connectivity index (χ1v) is 20.5. The molecule has 3 aliphatic heterocycles. The number of imide groups is 1. The molecule has 3 amide bonds. The second kappa shape index (κ2) is 17.1. The van der Waals surface area contributed by atoms with E-state index in [2.05, 4.69) is 35.7 Å². The lowest BCUT2D eigenvalue weighted by Crippen LogP contribution is -2.51. The highest BCUT2D eigenvalue weighted by molar-refractivity contribution is 6.33. The Balaban J connectivity index is 0.836. The van der Waals surface area contributed by atoms with E-state index in [1.54, 1.807) is 36.9 Å². The molecule has 2 aromatic heterocycles. The first-order valence-electron chi connectivity index (χ1n) is 20.1. The van der Waals surface area contributed by atoms with Gasteiger partial charge in [0.25, 0.3) is 0 Å². The average Bonchev–Trinajstić information content (AvgIpc) is 3.50.